The first-order valence-electron chi connectivity index (χ1n) is 8.97. The number of anilines is 1. The van der Waals surface area contributed by atoms with Gasteiger partial charge in [-0.1, -0.05) is 17.7 Å². The molecular weight excluding hydrogens is 374 g/mol. The van der Waals surface area contributed by atoms with Crippen molar-refractivity contribution >= 4 is 40.9 Å². The van der Waals surface area contributed by atoms with Crippen LogP contribution in [-0.2, 0) is 20.9 Å². The number of rotatable bonds is 5. The molecule has 3 rings (SSSR count). The zero-order chi connectivity index (χ0) is 20.4. The first kappa shape index (κ1) is 20.0. The van der Waals surface area contributed by atoms with E-state index in [1.165, 1.54) is 4.90 Å². The van der Waals surface area contributed by atoms with Gasteiger partial charge in [0.2, 0.25) is 0 Å². The Labute approximate surface area is 169 Å². The Hall–Kier alpha value is -2.77. The number of nitrogens with zero attached hydrogens (tertiary/aromatic N) is 2. The fourth-order valence-electron chi connectivity index (χ4n) is 3.24. The lowest BCUT2D eigenvalue weighted by molar-refractivity contribution is -0.122. The highest BCUT2D eigenvalue weighted by atomic mass is 32.1. The van der Waals surface area contributed by atoms with Gasteiger partial charge in [-0.15, -0.1) is 0 Å². The van der Waals surface area contributed by atoms with Crippen LogP contribution in [0.2, 0.25) is 0 Å². The summed E-state index contributed by atoms with van der Waals surface area (Å²) in [4.78, 5) is 26.9. The van der Waals surface area contributed by atoms with Gasteiger partial charge in [0.05, 0.1) is 12.3 Å². The van der Waals surface area contributed by atoms with E-state index in [-0.39, 0.29) is 10.7 Å². The summed E-state index contributed by atoms with van der Waals surface area (Å²) < 4.78 is 7.26. The summed E-state index contributed by atoms with van der Waals surface area (Å²) in [7, 11) is 1.66. The summed E-state index contributed by atoms with van der Waals surface area (Å²) in [6.07, 6.45) is 1.63. The zero-order valence-corrected chi connectivity index (χ0v) is 17.2. The fraction of sp³-hybridized carbons (Fsp3) is 0.286. The second-order valence-electron chi connectivity index (χ2n) is 6.76. The number of ether oxygens (including phenoxy) is 1. The van der Waals surface area contributed by atoms with Crippen LogP contribution in [0, 0.1) is 20.8 Å². The van der Waals surface area contributed by atoms with Crippen LogP contribution in [0.3, 0.4) is 0 Å². The highest BCUT2D eigenvalue weighted by Gasteiger charge is 2.34. The lowest BCUT2D eigenvalue weighted by atomic mass is 10.1. The van der Waals surface area contributed by atoms with E-state index < -0.39 is 11.8 Å². The number of aromatic nitrogens is 1. The third-order valence-electron chi connectivity index (χ3n) is 4.83. The van der Waals surface area contributed by atoms with Crippen molar-refractivity contribution in [3.05, 3.63) is 58.4 Å². The molecule has 1 saturated heterocycles. The van der Waals surface area contributed by atoms with Gasteiger partial charge < -0.3 is 9.30 Å². The lowest BCUT2D eigenvalue weighted by Gasteiger charge is -2.29. The molecule has 6 nitrogen and oxygen atoms in total. The van der Waals surface area contributed by atoms with Crippen molar-refractivity contribution in [1.82, 2.24) is 9.88 Å². The Balaban J connectivity index is 1.99. The molecule has 2 aromatic rings. The number of carbonyl (C=O) groups excluding carboxylic acids is 2. The maximum absolute atomic E-state index is 13.1. The van der Waals surface area contributed by atoms with Crippen molar-refractivity contribution in [1.29, 1.82) is 0 Å². The zero-order valence-electron chi connectivity index (χ0n) is 16.4. The van der Waals surface area contributed by atoms with Crippen LogP contribution in [0.15, 0.2) is 35.9 Å². The highest BCUT2D eigenvalue weighted by molar-refractivity contribution is 7.80. The Bertz CT molecular complexity index is 974. The minimum absolute atomic E-state index is 0.0566. The Morgan fingerprint density at radius 2 is 1.82 bits per heavy atom. The fourth-order valence-corrected chi connectivity index (χ4v) is 3.52. The van der Waals surface area contributed by atoms with Crippen LogP contribution < -0.4 is 10.2 Å². The number of methoxy groups -OCH3 is 1. The molecule has 0 radical (unpaired) electrons. The number of hydrogen-bond donors (Lipinski definition) is 1. The molecule has 0 saturated carbocycles. The first-order valence-corrected chi connectivity index (χ1v) is 9.38. The van der Waals surface area contributed by atoms with Crippen LogP contribution in [0.4, 0.5) is 5.69 Å². The van der Waals surface area contributed by atoms with Crippen LogP contribution in [0.1, 0.15) is 22.5 Å². The van der Waals surface area contributed by atoms with Gasteiger partial charge in [0, 0.05) is 25.0 Å². The smallest absolute Gasteiger partial charge is 0.270 e. The molecule has 1 aromatic heterocycles. The summed E-state index contributed by atoms with van der Waals surface area (Å²) >= 11 is 5.24. The van der Waals surface area contributed by atoms with Crippen LogP contribution >= 0.6 is 12.2 Å². The third kappa shape index (κ3) is 3.76. The molecule has 1 aliphatic rings. The number of amides is 2. The molecule has 1 aromatic carbocycles. The van der Waals surface area contributed by atoms with E-state index in [0.717, 1.165) is 22.5 Å². The molecule has 0 bridgehead atoms. The third-order valence-corrected chi connectivity index (χ3v) is 5.11. The molecule has 0 aliphatic carbocycles. The minimum Gasteiger partial charge on any atom is -0.383 e. The molecule has 1 aliphatic heterocycles. The summed E-state index contributed by atoms with van der Waals surface area (Å²) in [5.74, 6) is -0.917. The normalized spacial score (nSPS) is 16.1. The van der Waals surface area contributed by atoms with Crippen molar-refractivity contribution in [2.45, 2.75) is 27.3 Å². The van der Waals surface area contributed by atoms with Gasteiger partial charge in [0.15, 0.2) is 5.11 Å². The van der Waals surface area contributed by atoms with E-state index in [4.69, 9.17) is 17.0 Å². The van der Waals surface area contributed by atoms with Gasteiger partial charge >= 0.3 is 0 Å². The number of aryl methyl sites for hydroxylation is 2. The van der Waals surface area contributed by atoms with Gasteiger partial charge in [-0.2, -0.15) is 0 Å². The summed E-state index contributed by atoms with van der Waals surface area (Å²) in [5.41, 5.74) is 4.58. The van der Waals surface area contributed by atoms with Gasteiger partial charge in [-0.05, 0) is 62.8 Å². The molecule has 2 heterocycles. The van der Waals surface area contributed by atoms with Crippen molar-refractivity contribution in [3.63, 3.8) is 0 Å². The summed E-state index contributed by atoms with van der Waals surface area (Å²) in [6, 6.07) is 9.38. The maximum atomic E-state index is 13.1. The quantitative estimate of drug-likeness (QED) is 0.479. The van der Waals surface area contributed by atoms with Gasteiger partial charge in [0.1, 0.15) is 5.57 Å². The van der Waals surface area contributed by atoms with E-state index in [1.54, 1.807) is 13.2 Å². The molecule has 2 amide bonds. The minimum atomic E-state index is -0.486. The average molecular weight is 398 g/mol. The van der Waals surface area contributed by atoms with Crippen LogP contribution in [0.25, 0.3) is 6.08 Å². The average Bonchev–Trinajstić information content (AvgIpc) is 2.91. The van der Waals surface area contributed by atoms with Crippen molar-refractivity contribution in [2.75, 3.05) is 18.6 Å². The molecule has 0 atom stereocenters. The standard InChI is InChI=1S/C21H23N3O3S/c1-13-5-7-17(8-6-13)24-20(26)18(19(25)22-21(24)28)12-16-11-14(2)23(15(16)3)9-10-27-4/h5-8,11-12H,9-10H2,1-4H3,(H,22,25,28)/b18-12+. The summed E-state index contributed by atoms with van der Waals surface area (Å²) in [6.45, 7) is 7.20. The topological polar surface area (TPSA) is 63.6 Å². The van der Waals surface area contributed by atoms with E-state index in [2.05, 4.69) is 9.88 Å². The molecule has 0 unspecified atom stereocenters. The molecule has 146 valence electrons. The number of nitrogens with one attached hydrogen (secondary N) is 1. The molecule has 0 spiro atoms. The van der Waals surface area contributed by atoms with Gasteiger partial charge in [-0.25, -0.2) is 0 Å². The molecular formula is C21H23N3O3S. The number of thiocarbonyl (C=S) groups is 1. The Kier molecular flexibility index (Phi) is 5.76. The molecule has 1 N–H and O–H groups in total. The van der Waals surface area contributed by atoms with Gasteiger partial charge in [0.25, 0.3) is 11.8 Å². The maximum Gasteiger partial charge on any atom is 0.270 e. The Morgan fingerprint density at radius 3 is 2.46 bits per heavy atom. The van der Waals surface area contributed by atoms with Crippen molar-refractivity contribution < 1.29 is 14.3 Å². The predicted molar refractivity (Wildman–Crippen MR) is 113 cm³/mol. The van der Waals surface area contributed by atoms with E-state index in [9.17, 15) is 9.59 Å². The Morgan fingerprint density at radius 1 is 1.14 bits per heavy atom. The van der Waals surface area contributed by atoms with Gasteiger partial charge in [-0.3, -0.25) is 19.8 Å². The van der Waals surface area contributed by atoms with E-state index >= 15 is 0 Å². The van der Waals surface area contributed by atoms with E-state index in [0.29, 0.717) is 18.8 Å². The van der Waals surface area contributed by atoms with Crippen LogP contribution in [-0.4, -0.2) is 35.2 Å². The highest BCUT2D eigenvalue weighted by Crippen LogP contribution is 2.24. The first-order chi connectivity index (χ1) is 13.3. The van der Waals surface area contributed by atoms with Crippen molar-refractivity contribution in [2.24, 2.45) is 0 Å². The SMILES string of the molecule is COCCn1c(C)cc(/C=C2\C(=O)NC(=S)N(c3ccc(C)cc3)C2=O)c1C. The second kappa shape index (κ2) is 8.08. The summed E-state index contributed by atoms with van der Waals surface area (Å²) in [5, 5.41) is 2.71. The predicted octanol–water partition coefficient (Wildman–Crippen LogP) is 2.89. The van der Waals surface area contributed by atoms with Crippen molar-refractivity contribution in [3.8, 4) is 0 Å². The monoisotopic (exact) mass is 397 g/mol. The molecule has 28 heavy (non-hydrogen) atoms. The molecule has 7 heteroatoms. The number of hydrogen-bond acceptors (Lipinski definition) is 4. The second-order valence-corrected chi connectivity index (χ2v) is 7.15. The van der Waals surface area contributed by atoms with E-state index in [1.807, 2.05) is 51.1 Å². The lowest BCUT2D eigenvalue weighted by Crippen LogP contribution is -2.54. The number of benzene rings is 1. The van der Waals surface area contributed by atoms with Crippen LogP contribution in [0.5, 0.6) is 0 Å². The largest absolute Gasteiger partial charge is 0.383 e. The number of carbonyl (C=O) groups is 2. The molecule has 1 fully saturated rings.